The van der Waals surface area contributed by atoms with Gasteiger partial charge < -0.3 is 30.2 Å². The van der Waals surface area contributed by atoms with Crippen LogP contribution in [-0.4, -0.2) is 38.2 Å². The van der Waals surface area contributed by atoms with Crippen molar-refractivity contribution >= 4 is 40.7 Å². The summed E-state index contributed by atoms with van der Waals surface area (Å²) in [6.07, 6.45) is 0. The number of hydrogen-bond acceptors (Lipinski definition) is 6. The maximum absolute atomic E-state index is 14.1. The molecule has 180 valence electrons. The third-order valence-electron chi connectivity index (χ3n) is 4.95. The Morgan fingerprint density at radius 3 is 2.54 bits per heavy atom. The molecule has 0 radical (unpaired) electrons. The zero-order chi connectivity index (χ0) is 24.9. The van der Waals surface area contributed by atoms with Gasteiger partial charge in [0, 0.05) is 16.3 Å². The number of methoxy groups -OCH3 is 1. The Morgan fingerprint density at radius 1 is 0.971 bits per heavy atom. The van der Waals surface area contributed by atoms with Gasteiger partial charge in [-0.15, -0.1) is 0 Å². The number of carbonyl (C=O) groups is 3. The minimum absolute atomic E-state index is 0.0851. The SMILES string of the molecule is COc1ccc(NC(=O)CNC(=O)c2ccc3c(c2)OCO3)cc1NC(=O)c1ccc(Cl)cc1F. The van der Waals surface area contributed by atoms with Crippen LogP contribution in [0.4, 0.5) is 15.8 Å². The second-order valence-electron chi connectivity index (χ2n) is 7.29. The van der Waals surface area contributed by atoms with Crippen LogP contribution >= 0.6 is 11.6 Å². The quantitative estimate of drug-likeness (QED) is 0.455. The summed E-state index contributed by atoms with van der Waals surface area (Å²) in [4.78, 5) is 37.3. The highest BCUT2D eigenvalue weighted by Gasteiger charge is 2.18. The molecule has 1 heterocycles. The molecule has 3 aromatic carbocycles. The first-order valence-corrected chi connectivity index (χ1v) is 10.6. The molecule has 1 aliphatic heterocycles. The molecule has 0 fully saturated rings. The van der Waals surface area contributed by atoms with Crippen molar-refractivity contribution in [3.8, 4) is 17.2 Å². The molecule has 0 aliphatic carbocycles. The lowest BCUT2D eigenvalue weighted by Crippen LogP contribution is -2.32. The summed E-state index contributed by atoms with van der Waals surface area (Å²) in [6.45, 7) is -0.223. The lowest BCUT2D eigenvalue weighted by molar-refractivity contribution is -0.115. The zero-order valence-corrected chi connectivity index (χ0v) is 19.1. The Labute approximate surface area is 204 Å². The number of ether oxygens (including phenoxy) is 3. The molecule has 0 saturated carbocycles. The summed E-state index contributed by atoms with van der Waals surface area (Å²) < 4.78 is 29.8. The zero-order valence-electron chi connectivity index (χ0n) is 18.3. The molecule has 35 heavy (non-hydrogen) atoms. The number of carbonyl (C=O) groups excluding carboxylic acids is 3. The standard InChI is InChI=1S/C24H19ClFN3O6/c1-33-19-7-4-15(10-18(19)29-24(32)16-5-3-14(25)9-17(16)26)28-22(30)11-27-23(31)13-2-6-20-21(8-13)35-12-34-20/h2-10H,11-12H2,1H3,(H,27,31)(H,28,30)(H,29,32). The van der Waals surface area contributed by atoms with Crippen molar-refractivity contribution in [2.24, 2.45) is 0 Å². The van der Waals surface area contributed by atoms with E-state index < -0.39 is 23.5 Å². The summed E-state index contributed by atoms with van der Waals surface area (Å²) in [6, 6.07) is 12.9. The van der Waals surface area contributed by atoms with E-state index in [-0.39, 0.29) is 29.6 Å². The van der Waals surface area contributed by atoms with E-state index >= 15 is 0 Å². The van der Waals surface area contributed by atoms with E-state index in [4.69, 9.17) is 25.8 Å². The number of halogens is 2. The summed E-state index contributed by atoms with van der Waals surface area (Å²) in [5.74, 6) is -1.19. The van der Waals surface area contributed by atoms with Crippen LogP contribution in [0.3, 0.4) is 0 Å². The van der Waals surface area contributed by atoms with Gasteiger partial charge in [-0.3, -0.25) is 14.4 Å². The van der Waals surface area contributed by atoms with Crippen molar-refractivity contribution in [3.63, 3.8) is 0 Å². The van der Waals surface area contributed by atoms with E-state index in [0.29, 0.717) is 28.5 Å². The molecular formula is C24H19ClFN3O6. The highest BCUT2D eigenvalue weighted by Crippen LogP contribution is 2.32. The third-order valence-corrected chi connectivity index (χ3v) is 5.19. The lowest BCUT2D eigenvalue weighted by atomic mass is 10.2. The van der Waals surface area contributed by atoms with Crippen molar-refractivity contribution in [2.75, 3.05) is 31.1 Å². The molecule has 0 saturated heterocycles. The summed E-state index contributed by atoms with van der Waals surface area (Å²) in [5, 5.41) is 7.85. The number of nitrogens with one attached hydrogen (secondary N) is 3. The van der Waals surface area contributed by atoms with Crippen LogP contribution in [0.5, 0.6) is 17.2 Å². The maximum atomic E-state index is 14.1. The molecule has 1 aliphatic rings. The molecule has 3 N–H and O–H groups in total. The first-order valence-electron chi connectivity index (χ1n) is 10.3. The molecule has 0 aromatic heterocycles. The molecule has 0 bridgehead atoms. The average molecular weight is 500 g/mol. The van der Waals surface area contributed by atoms with Gasteiger partial charge in [-0.1, -0.05) is 11.6 Å². The number of fused-ring (bicyclic) bond motifs is 1. The largest absolute Gasteiger partial charge is 0.495 e. The highest BCUT2D eigenvalue weighted by molar-refractivity contribution is 6.30. The van der Waals surface area contributed by atoms with Crippen molar-refractivity contribution in [2.45, 2.75) is 0 Å². The third kappa shape index (κ3) is 5.61. The predicted molar refractivity (Wildman–Crippen MR) is 126 cm³/mol. The Kier molecular flexibility index (Phi) is 7.02. The van der Waals surface area contributed by atoms with Gasteiger partial charge in [0.25, 0.3) is 11.8 Å². The fourth-order valence-corrected chi connectivity index (χ4v) is 3.41. The summed E-state index contributed by atoms with van der Waals surface area (Å²) in [5.41, 5.74) is 0.622. The molecule has 3 amide bonds. The molecule has 3 aromatic rings. The Bertz CT molecular complexity index is 1320. The van der Waals surface area contributed by atoms with Crippen LogP contribution in [0.1, 0.15) is 20.7 Å². The van der Waals surface area contributed by atoms with Crippen LogP contribution in [0.15, 0.2) is 54.6 Å². The smallest absolute Gasteiger partial charge is 0.258 e. The van der Waals surface area contributed by atoms with Gasteiger partial charge in [0.2, 0.25) is 12.7 Å². The highest BCUT2D eigenvalue weighted by atomic mass is 35.5. The fraction of sp³-hybridized carbons (Fsp3) is 0.125. The normalized spacial score (nSPS) is 11.5. The van der Waals surface area contributed by atoms with Gasteiger partial charge in [0.1, 0.15) is 11.6 Å². The van der Waals surface area contributed by atoms with Crippen molar-refractivity contribution in [3.05, 3.63) is 76.6 Å². The molecule has 11 heteroatoms. The van der Waals surface area contributed by atoms with Crippen LogP contribution in [0.2, 0.25) is 5.02 Å². The van der Waals surface area contributed by atoms with E-state index in [1.165, 1.54) is 37.4 Å². The number of benzene rings is 3. The second kappa shape index (κ2) is 10.3. The van der Waals surface area contributed by atoms with E-state index in [1.54, 1.807) is 18.2 Å². The van der Waals surface area contributed by atoms with Gasteiger partial charge in [0.15, 0.2) is 11.5 Å². The summed E-state index contributed by atoms with van der Waals surface area (Å²) >= 11 is 5.73. The van der Waals surface area contributed by atoms with Crippen LogP contribution < -0.4 is 30.2 Å². The number of hydrogen-bond donors (Lipinski definition) is 3. The van der Waals surface area contributed by atoms with Gasteiger partial charge in [0.05, 0.1) is 24.9 Å². The van der Waals surface area contributed by atoms with Gasteiger partial charge >= 0.3 is 0 Å². The Balaban J connectivity index is 1.39. The Morgan fingerprint density at radius 2 is 1.77 bits per heavy atom. The molecular weight excluding hydrogens is 481 g/mol. The fourth-order valence-electron chi connectivity index (χ4n) is 3.25. The van der Waals surface area contributed by atoms with E-state index in [2.05, 4.69) is 16.0 Å². The van der Waals surface area contributed by atoms with Crippen LogP contribution in [0, 0.1) is 5.82 Å². The number of amides is 3. The topological polar surface area (TPSA) is 115 Å². The van der Waals surface area contributed by atoms with Gasteiger partial charge in [-0.25, -0.2) is 4.39 Å². The molecule has 0 spiro atoms. The monoisotopic (exact) mass is 499 g/mol. The van der Waals surface area contributed by atoms with E-state index in [0.717, 1.165) is 6.07 Å². The average Bonchev–Trinajstić information content (AvgIpc) is 3.30. The first-order chi connectivity index (χ1) is 16.8. The van der Waals surface area contributed by atoms with E-state index in [1.807, 2.05) is 0 Å². The maximum Gasteiger partial charge on any atom is 0.258 e. The van der Waals surface area contributed by atoms with Crippen LogP contribution in [0.25, 0.3) is 0 Å². The Hall–Kier alpha value is -4.31. The summed E-state index contributed by atoms with van der Waals surface area (Å²) in [7, 11) is 1.40. The molecule has 9 nitrogen and oxygen atoms in total. The van der Waals surface area contributed by atoms with Crippen molar-refractivity contribution in [1.82, 2.24) is 5.32 Å². The first kappa shape index (κ1) is 23.8. The van der Waals surface area contributed by atoms with Crippen molar-refractivity contribution < 1.29 is 33.0 Å². The molecule has 0 atom stereocenters. The molecule has 0 unspecified atom stereocenters. The second-order valence-corrected chi connectivity index (χ2v) is 7.73. The van der Waals surface area contributed by atoms with E-state index in [9.17, 15) is 18.8 Å². The number of anilines is 2. The van der Waals surface area contributed by atoms with Crippen LogP contribution in [-0.2, 0) is 4.79 Å². The minimum Gasteiger partial charge on any atom is -0.495 e. The minimum atomic E-state index is -0.781. The van der Waals surface area contributed by atoms with Gasteiger partial charge in [-0.05, 0) is 54.6 Å². The predicted octanol–water partition coefficient (Wildman–Crippen LogP) is 3.84. The molecule has 4 rings (SSSR count). The van der Waals surface area contributed by atoms with Crippen molar-refractivity contribution in [1.29, 1.82) is 0 Å². The number of rotatable bonds is 7. The lowest BCUT2D eigenvalue weighted by Gasteiger charge is -2.13. The van der Waals surface area contributed by atoms with Gasteiger partial charge in [-0.2, -0.15) is 0 Å².